The summed E-state index contributed by atoms with van der Waals surface area (Å²) in [5, 5.41) is 9.55. The van der Waals surface area contributed by atoms with Crippen molar-refractivity contribution in [1.29, 1.82) is 0 Å². The number of carboxylic acids is 1. The maximum Gasteiger partial charge on any atom is 1.00 e. The Bertz CT molecular complexity index is 442. The van der Waals surface area contributed by atoms with E-state index in [9.17, 15) is 9.90 Å². The first-order chi connectivity index (χ1) is 16.7. The minimum atomic E-state index is -0.569. The summed E-state index contributed by atoms with van der Waals surface area (Å²) in [5.74, 6) is -0.680. The summed E-state index contributed by atoms with van der Waals surface area (Å²) >= 11 is 0. The SMILES string of the molecule is CCCCCCCC/C=C\CCCCCCC(CCCCCCCCCCCCCC)C(=O)O.[H-].[Na+]. The molecular weight excluding hydrogens is 439 g/mol. The predicted molar refractivity (Wildman–Crippen MR) is 153 cm³/mol. The first kappa shape index (κ1) is 37.4. The van der Waals surface area contributed by atoms with E-state index in [1.54, 1.807) is 0 Å². The molecule has 0 aliphatic heterocycles. The monoisotopic (exact) mass is 502 g/mol. The van der Waals surface area contributed by atoms with Crippen molar-refractivity contribution in [1.82, 2.24) is 0 Å². The van der Waals surface area contributed by atoms with E-state index in [0.717, 1.165) is 25.7 Å². The Balaban J connectivity index is -0.00000544. The van der Waals surface area contributed by atoms with Crippen molar-refractivity contribution in [3.05, 3.63) is 12.2 Å². The van der Waals surface area contributed by atoms with E-state index in [1.807, 2.05) is 0 Å². The summed E-state index contributed by atoms with van der Waals surface area (Å²) in [6.45, 7) is 4.55. The quantitative estimate of drug-likeness (QED) is 0.0661. The van der Waals surface area contributed by atoms with E-state index in [1.165, 1.54) is 141 Å². The van der Waals surface area contributed by atoms with Crippen LogP contribution < -0.4 is 29.6 Å². The Labute approximate surface area is 244 Å². The molecule has 0 saturated carbocycles. The molecule has 2 nitrogen and oxygen atoms in total. The second kappa shape index (κ2) is 32.2. The second-order valence-electron chi connectivity index (χ2n) is 10.7. The number of aliphatic carboxylic acids is 1. The molecule has 0 aromatic heterocycles. The number of unbranched alkanes of at least 4 members (excludes halogenated alkanes) is 21. The van der Waals surface area contributed by atoms with Crippen molar-refractivity contribution in [3.8, 4) is 0 Å². The number of carbonyl (C=O) groups is 1. The third kappa shape index (κ3) is 30.3. The fourth-order valence-corrected chi connectivity index (χ4v) is 4.91. The van der Waals surface area contributed by atoms with Gasteiger partial charge in [0.25, 0.3) is 0 Å². The van der Waals surface area contributed by atoms with Crippen LogP contribution in [0, 0.1) is 5.92 Å². The standard InChI is InChI=1S/C32H62O2.Na.H/c1-3-5-7-9-11-13-15-17-18-20-22-24-26-28-30-31(32(33)34)29-27-25-23-21-19-16-14-12-10-8-6-4-2;;/h17-18,31H,3-16,19-30H2,1-2H3,(H,33,34);;/q;+1;-1/b18-17-;;. The first-order valence-electron chi connectivity index (χ1n) is 15.6. The van der Waals surface area contributed by atoms with Gasteiger partial charge in [-0.3, -0.25) is 4.79 Å². The predicted octanol–water partition coefficient (Wildman–Crippen LogP) is 8.54. The Kier molecular flexibility index (Phi) is 34.4. The van der Waals surface area contributed by atoms with Gasteiger partial charge in [0.1, 0.15) is 0 Å². The molecule has 0 aliphatic rings. The van der Waals surface area contributed by atoms with Gasteiger partial charge in [-0.05, 0) is 38.5 Å². The van der Waals surface area contributed by atoms with Crippen LogP contribution in [0.4, 0.5) is 0 Å². The first-order valence-corrected chi connectivity index (χ1v) is 15.6. The van der Waals surface area contributed by atoms with Gasteiger partial charge in [-0.15, -0.1) is 0 Å². The van der Waals surface area contributed by atoms with E-state index in [2.05, 4.69) is 26.0 Å². The third-order valence-corrected chi connectivity index (χ3v) is 7.32. The van der Waals surface area contributed by atoms with E-state index in [0.29, 0.717) is 0 Å². The van der Waals surface area contributed by atoms with Crippen LogP contribution in [-0.4, -0.2) is 11.1 Å². The summed E-state index contributed by atoms with van der Waals surface area (Å²) in [6, 6.07) is 0. The molecule has 0 amide bonds. The Morgan fingerprint density at radius 1 is 0.543 bits per heavy atom. The van der Waals surface area contributed by atoms with Gasteiger partial charge in [0.2, 0.25) is 0 Å². The maximum absolute atomic E-state index is 11.6. The van der Waals surface area contributed by atoms with Crippen molar-refractivity contribution < 1.29 is 40.9 Å². The van der Waals surface area contributed by atoms with Crippen molar-refractivity contribution in [2.45, 2.75) is 181 Å². The summed E-state index contributed by atoms with van der Waals surface area (Å²) in [4.78, 5) is 11.6. The van der Waals surface area contributed by atoms with Gasteiger partial charge >= 0.3 is 35.5 Å². The molecule has 1 N–H and O–H groups in total. The fraction of sp³-hybridized carbons (Fsp3) is 0.906. The molecule has 0 spiro atoms. The Morgan fingerprint density at radius 3 is 1.14 bits per heavy atom. The molecule has 1 atom stereocenters. The zero-order chi connectivity index (χ0) is 25.0. The fourth-order valence-electron chi connectivity index (χ4n) is 4.91. The van der Waals surface area contributed by atoms with Crippen LogP contribution in [-0.2, 0) is 4.79 Å². The van der Waals surface area contributed by atoms with E-state index < -0.39 is 5.97 Å². The molecule has 0 aliphatic carbocycles. The molecule has 0 saturated heterocycles. The second-order valence-corrected chi connectivity index (χ2v) is 10.7. The molecule has 0 heterocycles. The molecule has 0 rings (SSSR count). The van der Waals surface area contributed by atoms with Crippen molar-refractivity contribution >= 4 is 5.97 Å². The number of hydrogen-bond acceptors (Lipinski definition) is 1. The maximum atomic E-state index is 11.6. The van der Waals surface area contributed by atoms with Gasteiger partial charge in [0.05, 0.1) is 5.92 Å². The molecule has 35 heavy (non-hydrogen) atoms. The molecule has 1 unspecified atom stereocenters. The number of allylic oxidation sites excluding steroid dienone is 2. The van der Waals surface area contributed by atoms with Crippen molar-refractivity contribution in [2.24, 2.45) is 5.92 Å². The topological polar surface area (TPSA) is 37.3 Å². The zero-order valence-corrected chi connectivity index (χ0v) is 26.5. The normalized spacial score (nSPS) is 12.2. The molecule has 0 bridgehead atoms. The summed E-state index contributed by atoms with van der Waals surface area (Å²) in [7, 11) is 0. The molecule has 3 heteroatoms. The largest absolute Gasteiger partial charge is 1.00 e. The number of carboxylic acid groups (broad SMARTS) is 1. The van der Waals surface area contributed by atoms with Gasteiger partial charge in [-0.2, -0.15) is 0 Å². The van der Waals surface area contributed by atoms with Crippen LogP contribution in [0.5, 0.6) is 0 Å². The van der Waals surface area contributed by atoms with Gasteiger partial charge in [-0.1, -0.05) is 154 Å². The molecule has 0 fully saturated rings. The van der Waals surface area contributed by atoms with Gasteiger partial charge in [0, 0.05) is 0 Å². The average molecular weight is 503 g/mol. The molecular formula is C32H63NaO2. The Morgan fingerprint density at radius 2 is 0.829 bits per heavy atom. The van der Waals surface area contributed by atoms with E-state index in [-0.39, 0.29) is 36.9 Å². The van der Waals surface area contributed by atoms with Gasteiger partial charge in [0.15, 0.2) is 0 Å². The molecule has 204 valence electrons. The van der Waals surface area contributed by atoms with Crippen LogP contribution in [0.15, 0.2) is 12.2 Å². The summed E-state index contributed by atoms with van der Waals surface area (Å²) in [5.41, 5.74) is 0. The number of hydrogen-bond donors (Lipinski definition) is 1. The summed E-state index contributed by atoms with van der Waals surface area (Å²) in [6.07, 6.45) is 38.0. The average Bonchev–Trinajstić information content (AvgIpc) is 2.83. The van der Waals surface area contributed by atoms with Crippen molar-refractivity contribution in [2.75, 3.05) is 0 Å². The van der Waals surface area contributed by atoms with E-state index in [4.69, 9.17) is 0 Å². The number of rotatable bonds is 28. The smallest absolute Gasteiger partial charge is 1.00 e. The van der Waals surface area contributed by atoms with Crippen LogP contribution in [0.2, 0.25) is 0 Å². The van der Waals surface area contributed by atoms with Crippen molar-refractivity contribution in [3.63, 3.8) is 0 Å². The van der Waals surface area contributed by atoms with Gasteiger partial charge < -0.3 is 6.53 Å². The zero-order valence-electron chi connectivity index (χ0n) is 25.5. The Hall–Kier alpha value is 0.210. The summed E-state index contributed by atoms with van der Waals surface area (Å²) < 4.78 is 0. The third-order valence-electron chi connectivity index (χ3n) is 7.32. The van der Waals surface area contributed by atoms with E-state index >= 15 is 0 Å². The molecule has 0 aromatic rings. The molecule has 0 radical (unpaired) electrons. The van der Waals surface area contributed by atoms with Gasteiger partial charge in [-0.25, -0.2) is 0 Å². The van der Waals surface area contributed by atoms with Crippen LogP contribution in [0.3, 0.4) is 0 Å². The van der Waals surface area contributed by atoms with Crippen LogP contribution in [0.25, 0.3) is 0 Å². The van der Waals surface area contributed by atoms with Crippen LogP contribution >= 0.6 is 0 Å². The minimum absolute atomic E-state index is 0. The minimum Gasteiger partial charge on any atom is -1.00 e. The van der Waals surface area contributed by atoms with Crippen LogP contribution in [0.1, 0.15) is 182 Å². The molecule has 0 aromatic carbocycles.